The molecular formula is C20H30S. The number of hydrogen-bond acceptors (Lipinski definition) is 1. The van der Waals surface area contributed by atoms with Crippen LogP contribution >= 0.6 is 11.8 Å². The van der Waals surface area contributed by atoms with E-state index in [2.05, 4.69) is 49.0 Å². The summed E-state index contributed by atoms with van der Waals surface area (Å²) in [5, 5.41) is 0.871. The molecule has 21 heavy (non-hydrogen) atoms. The van der Waals surface area contributed by atoms with Gasteiger partial charge in [0.05, 0.1) is 0 Å². The Balaban J connectivity index is 1.43. The Bertz CT molecular complexity index is 397. The monoisotopic (exact) mass is 302 g/mol. The Morgan fingerprint density at radius 3 is 1.95 bits per heavy atom. The van der Waals surface area contributed by atoms with Crippen molar-refractivity contribution in [3.8, 4) is 0 Å². The van der Waals surface area contributed by atoms with Gasteiger partial charge in [-0.05, 0) is 68.4 Å². The average molecular weight is 303 g/mol. The Morgan fingerprint density at radius 1 is 0.810 bits per heavy atom. The molecule has 2 aliphatic carbocycles. The molecule has 0 saturated heterocycles. The zero-order valence-corrected chi connectivity index (χ0v) is 14.3. The Morgan fingerprint density at radius 2 is 1.38 bits per heavy atom. The van der Waals surface area contributed by atoms with E-state index in [1.54, 1.807) is 0 Å². The van der Waals surface area contributed by atoms with Crippen LogP contribution in [-0.2, 0) is 0 Å². The minimum absolute atomic E-state index is 0.871. The SMILES string of the molecule is CCC1CCC(C2CCC(Sc3ccccc3)CC2)CC1. The van der Waals surface area contributed by atoms with Crippen LogP contribution in [0.4, 0.5) is 0 Å². The number of thioether (sulfide) groups is 1. The average Bonchev–Trinajstić information content (AvgIpc) is 2.57. The summed E-state index contributed by atoms with van der Waals surface area (Å²) >= 11 is 2.12. The molecule has 0 N–H and O–H groups in total. The normalized spacial score (nSPS) is 33.8. The van der Waals surface area contributed by atoms with Crippen molar-refractivity contribution in [3.63, 3.8) is 0 Å². The second kappa shape index (κ2) is 7.72. The predicted molar refractivity (Wildman–Crippen MR) is 93.8 cm³/mol. The summed E-state index contributed by atoms with van der Waals surface area (Å²) in [4.78, 5) is 1.46. The van der Waals surface area contributed by atoms with Gasteiger partial charge in [0.25, 0.3) is 0 Å². The molecule has 2 saturated carbocycles. The van der Waals surface area contributed by atoms with E-state index in [1.165, 1.54) is 62.7 Å². The van der Waals surface area contributed by atoms with Crippen molar-refractivity contribution >= 4 is 11.8 Å². The van der Waals surface area contributed by atoms with E-state index in [9.17, 15) is 0 Å². The first-order valence-corrected chi connectivity index (χ1v) is 9.94. The fraction of sp³-hybridized carbons (Fsp3) is 0.700. The summed E-state index contributed by atoms with van der Waals surface area (Å²) in [6.07, 6.45) is 13.4. The highest BCUT2D eigenvalue weighted by molar-refractivity contribution is 8.00. The lowest BCUT2D eigenvalue weighted by Gasteiger charge is -2.37. The zero-order chi connectivity index (χ0) is 14.5. The van der Waals surface area contributed by atoms with Crippen LogP contribution in [0.15, 0.2) is 35.2 Å². The second-order valence-corrected chi connectivity index (χ2v) is 8.53. The Kier molecular flexibility index (Phi) is 5.68. The van der Waals surface area contributed by atoms with Gasteiger partial charge >= 0.3 is 0 Å². The summed E-state index contributed by atoms with van der Waals surface area (Å²) in [5.41, 5.74) is 0. The molecule has 0 nitrogen and oxygen atoms in total. The van der Waals surface area contributed by atoms with Crippen molar-refractivity contribution < 1.29 is 0 Å². The molecule has 116 valence electrons. The van der Waals surface area contributed by atoms with Gasteiger partial charge in [-0.3, -0.25) is 0 Å². The van der Waals surface area contributed by atoms with Crippen LogP contribution in [0.1, 0.15) is 64.7 Å². The first-order valence-electron chi connectivity index (χ1n) is 9.07. The van der Waals surface area contributed by atoms with E-state index < -0.39 is 0 Å². The molecule has 2 aliphatic rings. The summed E-state index contributed by atoms with van der Waals surface area (Å²) in [6.45, 7) is 2.37. The van der Waals surface area contributed by atoms with Crippen molar-refractivity contribution in [2.75, 3.05) is 0 Å². The molecule has 0 radical (unpaired) electrons. The van der Waals surface area contributed by atoms with E-state index in [0.717, 1.165) is 23.0 Å². The molecule has 0 spiro atoms. The summed E-state index contributed by atoms with van der Waals surface area (Å²) in [7, 11) is 0. The zero-order valence-electron chi connectivity index (χ0n) is 13.5. The third kappa shape index (κ3) is 4.28. The minimum atomic E-state index is 0.871. The molecule has 0 amide bonds. The second-order valence-electron chi connectivity index (χ2n) is 7.16. The minimum Gasteiger partial charge on any atom is -0.123 e. The lowest BCUT2D eigenvalue weighted by molar-refractivity contribution is 0.167. The van der Waals surface area contributed by atoms with Crippen LogP contribution in [0.25, 0.3) is 0 Å². The Hall–Kier alpha value is -0.430. The molecule has 0 atom stereocenters. The third-order valence-corrected chi connectivity index (χ3v) is 7.25. The van der Waals surface area contributed by atoms with Gasteiger partial charge in [-0.25, -0.2) is 0 Å². The molecule has 0 aromatic heterocycles. The van der Waals surface area contributed by atoms with Crippen molar-refractivity contribution in [1.29, 1.82) is 0 Å². The van der Waals surface area contributed by atoms with Gasteiger partial charge in [-0.2, -0.15) is 0 Å². The summed E-state index contributed by atoms with van der Waals surface area (Å²) in [6, 6.07) is 11.0. The largest absolute Gasteiger partial charge is 0.123 e. The molecule has 0 heterocycles. The van der Waals surface area contributed by atoms with Gasteiger partial charge < -0.3 is 0 Å². The van der Waals surface area contributed by atoms with Crippen LogP contribution in [0.2, 0.25) is 0 Å². The lowest BCUT2D eigenvalue weighted by Crippen LogP contribution is -2.26. The highest BCUT2D eigenvalue weighted by atomic mass is 32.2. The fourth-order valence-electron chi connectivity index (χ4n) is 4.44. The third-order valence-electron chi connectivity index (χ3n) is 5.90. The highest BCUT2D eigenvalue weighted by Gasteiger charge is 2.30. The van der Waals surface area contributed by atoms with Gasteiger partial charge in [-0.15, -0.1) is 11.8 Å². The first kappa shape index (κ1) is 15.5. The van der Waals surface area contributed by atoms with E-state index in [4.69, 9.17) is 0 Å². The molecule has 0 bridgehead atoms. The van der Waals surface area contributed by atoms with E-state index in [-0.39, 0.29) is 0 Å². The van der Waals surface area contributed by atoms with Crippen molar-refractivity contribution in [2.45, 2.75) is 74.9 Å². The van der Waals surface area contributed by atoms with Gasteiger partial charge in [-0.1, -0.05) is 44.4 Å². The molecule has 0 unspecified atom stereocenters. The first-order chi connectivity index (χ1) is 10.3. The van der Waals surface area contributed by atoms with Crippen molar-refractivity contribution in [2.24, 2.45) is 17.8 Å². The standard InChI is InChI=1S/C20H30S/c1-2-16-8-10-17(11-9-16)18-12-14-20(15-13-18)21-19-6-4-3-5-7-19/h3-7,16-18,20H,2,8-15H2,1H3. The summed E-state index contributed by atoms with van der Waals surface area (Å²) in [5.74, 6) is 3.16. The molecule has 1 heteroatoms. The van der Waals surface area contributed by atoms with E-state index in [1.807, 2.05) is 0 Å². The van der Waals surface area contributed by atoms with Crippen molar-refractivity contribution in [1.82, 2.24) is 0 Å². The molecule has 3 rings (SSSR count). The maximum Gasteiger partial charge on any atom is 0.00946 e. The number of hydrogen-bond donors (Lipinski definition) is 0. The Labute approximate surface area is 135 Å². The van der Waals surface area contributed by atoms with Crippen LogP contribution in [0.3, 0.4) is 0 Å². The number of benzene rings is 1. The van der Waals surface area contributed by atoms with Gasteiger partial charge in [0, 0.05) is 10.1 Å². The summed E-state index contributed by atoms with van der Waals surface area (Å²) < 4.78 is 0. The molecule has 2 fully saturated rings. The van der Waals surface area contributed by atoms with Crippen LogP contribution in [0.5, 0.6) is 0 Å². The van der Waals surface area contributed by atoms with E-state index >= 15 is 0 Å². The van der Waals surface area contributed by atoms with Gasteiger partial charge in [0.2, 0.25) is 0 Å². The van der Waals surface area contributed by atoms with Gasteiger partial charge in [0.15, 0.2) is 0 Å². The van der Waals surface area contributed by atoms with E-state index in [0.29, 0.717) is 0 Å². The fourth-order valence-corrected chi connectivity index (χ4v) is 5.64. The number of rotatable bonds is 4. The highest BCUT2D eigenvalue weighted by Crippen LogP contribution is 2.43. The maximum absolute atomic E-state index is 2.37. The molecule has 1 aromatic carbocycles. The van der Waals surface area contributed by atoms with Gasteiger partial charge in [0.1, 0.15) is 0 Å². The lowest BCUT2D eigenvalue weighted by atomic mass is 9.70. The molecular weight excluding hydrogens is 272 g/mol. The molecule has 1 aromatic rings. The van der Waals surface area contributed by atoms with Crippen LogP contribution < -0.4 is 0 Å². The van der Waals surface area contributed by atoms with Crippen LogP contribution in [-0.4, -0.2) is 5.25 Å². The maximum atomic E-state index is 2.37. The molecule has 0 aliphatic heterocycles. The predicted octanol–water partition coefficient (Wildman–Crippen LogP) is 6.55. The smallest absolute Gasteiger partial charge is 0.00946 e. The van der Waals surface area contributed by atoms with Crippen LogP contribution in [0, 0.1) is 17.8 Å². The van der Waals surface area contributed by atoms with Crippen molar-refractivity contribution in [3.05, 3.63) is 30.3 Å². The topological polar surface area (TPSA) is 0 Å². The quantitative estimate of drug-likeness (QED) is 0.607.